The van der Waals surface area contributed by atoms with Crippen LogP contribution in [0.3, 0.4) is 0 Å². The van der Waals surface area contributed by atoms with Crippen molar-refractivity contribution in [1.29, 1.82) is 0 Å². The van der Waals surface area contributed by atoms with Gasteiger partial charge < -0.3 is 5.43 Å². The first-order valence-corrected chi connectivity index (χ1v) is 4.14. The fourth-order valence-corrected chi connectivity index (χ4v) is 1.14. The van der Waals surface area contributed by atoms with Gasteiger partial charge in [-0.1, -0.05) is 0 Å². The summed E-state index contributed by atoms with van der Waals surface area (Å²) in [6.45, 7) is 3.36. The van der Waals surface area contributed by atoms with Crippen molar-refractivity contribution >= 4 is 0 Å². The van der Waals surface area contributed by atoms with Crippen LogP contribution < -0.4 is 22.5 Å². The molecule has 0 aromatic carbocycles. The van der Waals surface area contributed by atoms with Gasteiger partial charge in [0.1, 0.15) is 0 Å². The van der Waals surface area contributed by atoms with Crippen molar-refractivity contribution in [3.8, 4) is 0 Å². The minimum absolute atomic E-state index is 0.300. The van der Waals surface area contributed by atoms with Crippen molar-refractivity contribution in [1.82, 2.24) is 14.2 Å². The molecule has 0 atom stereocenters. The number of H-pyrrole nitrogens is 1. The Morgan fingerprint density at radius 2 is 1.79 bits per heavy atom. The van der Waals surface area contributed by atoms with Crippen molar-refractivity contribution in [3.63, 3.8) is 0 Å². The van der Waals surface area contributed by atoms with Gasteiger partial charge in [0.2, 0.25) is 0 Å². The number of nitrogens with zero attached hydrogens (tertiary/aromatic N) is 2. The zero-order valence-corrected chi connectivity index (χ0v) is 8.20. The molecule has 0 aliphatic rings. The molecule has 0 aliphatic heterocycles. The van der Waals surface area contributed by atoms with E-state index >= 15 is 0 Å². The lowest BCUT2D eigenvalue weighted by atomic mass is 10.4. The van der Waals surface area contributed by atoms with Crippen LogP contribution in [-0.2, 0) is 0 Å². The molecule has 78 valence electrons. The monoisotopic (exact) mass is 200 g/mol. The fraction of sp³-hybridized carbons (Fsp3) is 0.571. The summed E-state index contributed by atoms with van der Waals surface area (Å²) in [6.07, 6.45) is 0. The molecule has 0 bridgehead atoms. The Morgan fingerprint density at radius 1 is 1.21 bits per heavy atom. The molecule has 1 heterocycles. The molecule has 0 fully saturated rings. The van der Waals surface area contributed by atoms with E-state index in [1.54, 1.807) is 13.8 Å². The molecule has 14 heavy (non-hydrogen) atoms. The highest BCUT2D eigenvalue weighted by atomic mass is 16.2. The maximum atomic E-state index is 11.5. The van der Waals surface area contributed by atoms with Gasteiger partial charge in [-0.25, -0.2) is 19.0 Å². The Kier molecular flexibility index (Phi) is 2.59. The first-order chi connectivity index (χ1) is 6.49. The minimum Gasteiger partial charge on any atom is -0.321 e. The molecule has 1 aromatic heterocycles. The van der Waals surface area contributed by atoms with E-state index in [0.29, 0.717) is 0 Å². The fourth-order valence-electron chi connectivity index (χ4n) is 1.14. The average Bonchev–Trinajstić information content (AvgIpc) is 2.02. The lowest BCUT2D eigenvalue weighted by molar-refractivity contribution is 0.496. The van der Waals surface area contributed by atoms with E-state index in [1.807, 2.05) is 4.98 Å². The molecule has 0 saturated heterocycles. The van der Waals surface area contributed by atoms with Gasteiger partial charge >= 0.3 is 17.1 Å². The van der Waals surface area contributed by atoms with Gasteiger partial charge in [0, 0.05) is 13.1 Å². The van der Waals surface area contributed by atoms with Gasteiger partial charge in [-0.2, -0.15) is 4.68 Å². The van der Waals surface area contributed by atoms with E-state index in [0.717, 1.165) is 9.24 Å². The highest BCUT2D eigenvalue weighted by Gasteiger charge is 2.10. The predicted octanol–water partition coefficient (Wildman–Crippen LogP) is -1.55. The topological polar surface area (TPSA) is 88.9 Å². The molecule has 0 spiro atoms. The van der Waals surface area contributed by atoms with Crippen LogP contribution in [-0.4, -0.2) is 21.3 Å². The normalized spacial score (nSPS) is 10.6. The summed E-state index contributed by atoms with van der Waals surface area (Å²) in [6, 6.07) is -0.300. The molecule has 7 nitrogen and oxygen atoms in total. The summed E-state index contributed by atoms with van der Waals surface area (Å²) >= 11 is 0. The standard InChI is InChI=1S/C7H12N4O3/c1-4(2)10-5(12)9-6(13)11(8-3)7(10)14/h4,8H,1-3H3,(H,9,12,13). The van der Waals surface area contributed by atoms with E-state index in [9.17, 15) is 14.4 Å². The summed E-state index contributed by atoms with van der Waals surface area (Å²) in [5, 5.41) is 0. The zero-order chi connectivity index (χ0) is 10.9. The first-order valence-electron chi connectivity index (χ1n) is 4.14. The van der Waals surface area contributed by atoms with Gasteiger partial charge in [-0.15, -0.1) is 0 Å². The van der Waals surface area contributed by atoms with E-state index in [1.165, 1.54) is 7.05 Å². The summed E-state index contributed by atoms with van der Waals surface area (Å²) < 4.78 is 1.69. The third-order valence-corrected chi connectivity index (χ3v) is 1.77. The number of rotatable bonds is 2. The predicted molar refractivity (Wildman–Crippen MR) is 51.3 cm³/mol. The second-order valence-electron chi connectivity index (χ2n) is 3.04. The van der Waals surface area contributed by atoms with Crippen LogP contribution in [0.1, 0.15) is 19.9 Å². The van der Waals surface area contributed by atoms with Crippen LogP contribution in [0, 0.1) is 0 Å². The van der Waals surface area contributed by atoms with Crippen LogP contribution in [0.25, 0.3) is 0 Å². The maximum Gasteiger partial charge on any atom is 0.355 e. The quantitative estimate of drug-likeness (QED) is 0.605. The molecule has 0 amide bonds. The van der Waals surface area contributed by atoms with Crippen molar-refractivity contribution in [2.75, 3.05) is 12.5 Å². The molecule has 0 radical (unpaired) electrons. The lowest BCUT2D eigenvalue weighted by Crippen LogP contribution is -2.52. The lowest BCUT2D eigenvalue weighted by Gasteiger charge is -2.10. The van der Waals surface area contributed by atoms with Crippen molar-refractivity contribution in [3.05, 3.63) is 31.5 Å². The van der Waals surface area contributed by atoms with Gasteiger partial charge in [-0.05, 0) is 13.8 Å². The maximum absolute atomic E-state index is 11.5. The molecule has 0 unspecified atom stereocenters. The molecule has 1 rings (SSSR count). The third kappa shape index (κ3) is 1.48. The molecule has 0 saturated carbocycles. The van der Waals surface area contributed by atoms with Crippen LogP contribution in [0.15, 0.2) is 14.4 Å². The third-order valence-electron chi connectivity index (χ3n) is 1.77. The van der Waals surface area contributed by atoms with Gasteiger partial charge in [0.15, 0.2) is 0 Å². The summed E-state index contributed by atoms with van der Waals surface area (Å²) in [4.78, 5) is 35.9. The van der Waals surface area contributed by atoms with Crippen LogP contribution in [0.5, 0.6) is 0 Å². The van der Waals surface area contributed by atoms with Gasteiger partial charge in [0.25, 0.3) is 0 Å². The molecule has 1 aromatic rings. The van der Waals surface area contributed by atoms with E-state index in [-0.39, 0.29) is 6.04 Å². The molecule has 7 heteroatoms. The summed E-state index contributed by atoms with van der Waals surface area (Å²) in [5.41, 5.74) is 0.259. The van der Waals surface area contributed by atoms with Crippen molar-refractivity contribution in [2.45, 2.75) is 19.9 Å². The number of hydrogen-bond donors (Lipinski definition) is 2. The highest BCUT2D eigenvalue weighted by Crippen LogP contribution is 1.91. The first kappa shape index (κ1) is 10.3. The Balaban J connectivity index is 3.71. The van der Waals surface area contributed by atoms with Crippen LogP contribution >= 0.6 is 0 Å². The van der Waals surface area contributed by atoms with E-state index in [4.69, 9.17) is 0 Å². The molecular formula is C7H12N4O3. The largest absolute Gasteiger partial charge is 0.355 e. The van der Waals surface area contributed by atoms with Crippen molar-refractivity contribution in [2.24, 2.45) is 0 Å². The molecule has 0 aliphatic carbocycles. The SMILES string of the molecule is CNn1c(=O)[nH]c(=O)n(C(C)C)c1=O. The summed E-state index contributed by atoms with van der Waals surface area (Å²) in [7, 11) is 1.42. The van der Waals surface area contributed by atoms with E-state index in [2.05, 4.69) is 5.43 Å². The Morgan fingerprint density at radius 3 is 2.21 bits per heavy atom. The number of aromatic amines is 1. The summed E-state index contributed by atoms with van der Waals surface area (Å²) in [5.74, 6) is 0. The van der Waals surface area contributed by atoms with Gasteiger partial charge in [0.05, 0.1) is 0 Å². The smallest absolute Gasteiger partial charge is 0.321 e. The second kappa shape index (κ2) is 3.52. The highest BCUT2D eigenvalue weighted by molar-refractivity contribution is 4.79. The number of hydrogen-bond acceptors (Lipinski definition) is 4. The van der Waals surface area contributed by atoms with Gasteiger partial charge in [-0.3, -0.25) is 4.98 Å². The molecular weight excluding hydrogens is 188 g/mol. The Labute approximate surface area is 79.0 Å². The minimum atomic E-state index is -0.764. The zero-order valence-electron chi connectivity index (χ0n) is 8.20. The number of nitrogens with one attached hydrogen (secondary N) is 2. The number of aromatic nitrogens is 3. The van der Waals surface area contributed by atoms with Crippen molar-refractivity contribution < 1.29 is 0 Å². The second-order valence-corrected chi connectivity index (χ2v) is 3.04. The average molecular weight is 200 g/mol. The van der Waals surface area contributed by atoms with Crippen LogP contribution in [0.2, 0.25) is 0 Å². The molecule has 2 N–H and O–H groups in total. The Bertz CT molecular complexity index is 493. The van der Waals surface area contributed by atoms with E-state index < -0.39 is 17.1 Å². The Hall–Kier alpha value is -1.79. The van der Waals surface area contributed by atoms with Crippen LogP contribution in [0.4, 0.5) is 0 Å².